The van der Waals surface area contributed by atoms with Gasteiger partial charge in [0.1, 0.15) is 0 Å². The first-order valence-corrected chi connectivity index (χ1v) is 6.99. The lowest BCUT2D eigenvalue weighted by Crippen LogP contribution is -2.35. The lowest BCUT2D eigenvalue weighted by Gasteiger charge is -2.21. The van der Waals surface area contributed by atoms with Gasteiger partial charge in [0, 0.05) is 11.6 Å². The molecule has 0 aromatic heterocycles. The Hall–Kier alpha value is -1.71. The van der Waals surface area contributed by atoms with Crippen LogP contribution in [-0.2, 0) is 0 Å². The van der Waals surface area contributed by atoms with E-state index in [-0.39, 0.29) is 23.4 Å². The Morgan fingerprint density at radius 2 is 1.63 bits per heavy atom. The van der Waals surface area contributed by atoms with Crippen molar-refractivity contribution in [2.75, 3.05) is 0 Å². The molecule has 1 aromatic carbocycles. The van der Waals surface area contributed by atoms with Crippen molar-refractivity contribution in [3.05, 3.63) is 23.8 Å². The smallest absolute Gasteiger partial charge is 0.251 e. The fourth-order valence-corrected chi connectivity index (χ4v) is 2.53. The molecule has 0 radical (unpaired) electrons. The largest absolute Gasteiger partial charge is 0.504 e. The zero-order valence-corrected chi connectivity index (χ0v) is 11.1. The summed E-state index contributed by atoms with van der Waals surface area (Å²) >= 11 is 0. The highest BCUT2D eigenvalue weighted by Gasteiger charge is 2.15. The third-order valence-corrected chi connectivity index (χ3v) is 3.68. The van der Waals surface area contributed by atoms with Gasteiger partial charge < -0.3 is 15.5 Å². The average Bonchev–Trinajstić information content (AvgIpc) is 2.35. The molecule has 1 aliphatic carbocycles. The van der Waals surface area contributed by atoms with Crippen LogP contribution in [-0.4, -0.2) is 22.2 Å². The summed E-state index contributed by atoms with van der Waals surface area (Å²) in [7, 11) is 0. The lowest BCUT2D eigenvalue weighted by atomic mass is 9.96. The lowest BCUT2D eigenvalue weighted by molar-refractivity contribution is 0.0930. The SMILES string of the molecule is O=C(NC1CCCCCCC1)c1ccc(O)c(O)c1. The fraction of sp³-hybridized carbons (Fsp3) is 0.533. The summed E-state index contributed by atoms with van der Waals surface area (Å²) in [5.41, 5.74) is 0.386. The second-order valence-electron chi connectivity index (χ2n) is 5.22. The quantitative estimate of drug-likeness (QED) is 0.718. The molecule has 4 nitrogen and oxygen atoms in total. The van der Waals surface area contributed by atoms with Gasteiger partial charge in [0.2, 0.25) is 0 Å². The molecule has 1 amide bonds. The van der Waals surface area contributed by atoms with Crippen LogP contribution in [0, 0.1) is 0 Å². The van der Waals surface area contributed by atoms with E-state index in [0.29, 0.717) is 5.56 Å². The number of hydrogen-bond acceptors (Lipinski definition) is 3. The van der Waals surface area contributed by atoms with Crippen molar-refractivity contribution in [3.8, 4) is 11.5 Å². The molecule has 1 aliphatic rings. The molecule has 19 heavy (non-hydrogen) atoms. The van der Waals surface area contributed by atoms with E-state index >= 15 is 0 Å². The van der Waals surface area contributed by atoms with Crippen LogP contribution < -0.4 is 5.32 Å². The maximum atomic E-state index is 12.1. The van der Waals surface area contributed by atoms with Crippen molar-refractivity contribution >= 4 is 5.91 Å². The van der Waals surface area contributed by atoms with Crippen LogP contribution >= 0.6 is 0 Å². The number of phenolic OH excluding ortho intramolecular Hbond substituents is 2. The Kier molecular flexibility index (Phi) is 4.66. The van der Waals surface area contributed by atoms with Crippen LogP contribution in [0.25, 0.3) is 0 Å². The minimum atomic E-state index is -0.259. The van der Waals surface area contributed by atoms with Crippen molar-refractivity contribution < 1.29 is 15.0 Å². The van der Waals surface area contributed by atoms with Gasteiger partial charge in [0.25, 0.3) is 5.91 Å². The van der Waals surface area contributed by atoms with Crippen molar-refractivity contribution in [2.24, 2.45) is 0 Å². The summed E-state index contributed by atoms with van der Waals surface area (Å²) in [5, 5.41) is 21.7. The number of benzene rings is 1. The molecule has 0 aliphatic heterocycles. The van der Waals surface area contributed by atoms with Crippen LogP contribution in [0.3, 0.4) is 0 Å². The van der Waals surface area contributed by atoms with E-state index in [1.165, 1.54) is 37.5 Å². The normalized spacial score (nSPS) is 17.5. The monoisotopic (exact) mass is 263 g/mol. The molecule has 0 unspecified atom stereocenters. The zero-order chi connectivity index (χ0) is 13.7. The molecule has 1 aromatic rings. The summed E-state index contributed by atoms with van der Waals surface area (Å²) < 4.78 is 0. The molecule has 1 fully saturated rings. The van der Waals surface area contributed by atoms with Gasteiger partial charge in [0.05, 0.1) is 0 Å². The Labute approximate surface area is 113 Å². The molecule has 2 rings (SSSR count). The predicted molar refractivity (Wildman–Crippen MR) is 73.3 cm³/mol. The first-order valence-electron chi connectivity index (χ1n) is 6.99. The Bertz CT molecular complexity index is 437. The molecule has 4 heteroatoms. The van der Waals surface area contributed by atoms with E-state index in [4.69, 9.17) is 0 Å². The van der Waals surface area contributed by atoms with Gasteiger partial charge in [-0.3, -0.25) is 4.79 Å². The standard InChI is InChI=1S/C15H21NO3/c17-13-9-8-11(10-14(13)18)15(19)16-12-6-4-2-1-3-5-7-12/h8-10,12,17-18H,1-7H2,(H,16,19). The van der Waals surface area contributed by atoms with Crippen LogP contribution in [0.15, 0.2) is 18.2 Å². The van der Waals surface area contributed by atoms with Crippen molar-refractivity contribution in [3.63, 3.8) is 0 Å². The Morgan fingerprint density at radius 3 is 2.26 bits per heavy atom. The first kappa shape index (κ1) is 13.7. The predicted octanol–water partition coefficient (Wildman–Crippen LogP) is 2.94. The molecular weight excluding hydrogens is 242 g/mol. The van der Waals surface area contributed by atoms with E-state index in [1.807, 2.05) is 0 Å². The van der Waals surface area contributed by atoms with Crippen molar-refractivity contribution in [1.29, 1.82) is 0 Å². The zero-order valence-electron chi connectivity index (χ0n) is 11.1. The van der Waals surface area contributed by atoms with E-state index in [2.05, 4.69) is 5.32 Å². The third-order valence-electron chi connectivity index (χ3n) is 3.68. The Morgan fingerprint density at radius 1 is 1.00 bits per heavy atom. The number of carbonyl (C=O) groups excluding carboxylic acids is 1. The molecule has 0 spiro atoms. The second-order valence-corrected chi connectivity index (χ2v) is 5.22. The van der Waals surface area contributed by atoms with E-state index in [9.17, 15) is 15.0 Å². The summed E-state index contributed by atoms with van der Waals surface area (Å²) in [6.45, 7) is 0. The molecule has 104 valence electrons. The maximum absolute atomic E-state index is 12.1. The summed E-state index contributed by atoms with van der Waals surface area (Å²) in [6.07, 6.45) is 8.15. The van der Waals surface area contributed by atoms with Crippen molar-refractivity contribution in [1.82, 2.24) is 5.32 Å². The molecule has 3 N–H and O–H groups in total. The minimum absolute atomic E-state index is 0.180. The number of amides is 1. The van der Waals surface area contributed by atoms with Gasteiger partial charge >= 0.3 is 0 Å². The summed E-state index contributed by atoms with van der Waals surface area (Å²) in [6, 6.07) is 4.38. The van der Waals surface area contributed by atoms with Gasteiger partial charge in [-0.1, -0.05) is 32.1 Å². The highest BCUT2D eigenvalue weighted by Crippen LogP contribution is 2.25. The van der Waals surface area contributed by atoms with Gasteiger partial charge in [-0.05, 0) is 31.0 Å². The maximum Gasteiger partial charge on any atom is 0.251 e. The third kappa shape index (κ3) is 3.88. The van der Waals surface area contributed by atoms with E-state index < -0.39 is 0 Å². The van der Waals surface area contributed by atoms with Crippen LogP contribution in [0.5, 0.6) is 11.5 Å². The molecular formula is C15H21NO3. The number of phenols is 2. The number of hydrogen-bond donors (Lipinski definition) is 3. The summed E-state index contributed by atoms with van der Waals surface area (Å²) in [4.78, 5) is 12.1. The molecule has 0 atom stereocenters. The van der Waals surface area contributed by atoms with Crippen LogP contribution in [0.4, 0.5) is 0 Å². The number of aromatic hydroxyl groups is 2. The second kappa shape index (κ2) is 6.45. The molecule has 0 saturated heterocycles. The number of carbonyl (C=O) groups is 1. The van der Waals surface area contributed by atoms with Gasteiger partial charge in [-0.2, -0.15) is 0 Å². The fourth-order valence-electron chi connectivity index (χ4n) is 2.53. The highest BCUT2D eigenvalue weighted by atomic mass is 16.3. The van der Waals surface area contributed by atoms with E-state index in [1.54, 1.807) is 0 Å². The van der Waals surface area contributed by atoms with Crippen LogP contribution in [0.1, 0.15) is 55.3 Å². The molecule has 0 heterocycles. The van der Waals surface area contributed by atoms with Crippen LogP contribution in [0.2, 0.25) is 0 Å². The van der Waals surface area contributed by atoms with Gasteiger partial charge in [0.15, 0.2) is 11.5 Å². The minimum Gasteiger partial charge on any atom is -0.504 e. The first-order chi connectivity index (χ1) is 9.16. The Balaban J connectivity index is 1.96. The topological polar surface area (TPSA) is 69.6 Å². The van der Waals surface area contributed by atoms with Gasteiger partial charge in [-0.15, -0.1) is 0 Å². The van der Waals surface area contributed by atoms with Crippen molar-refractivity contribution in [2.45, 2.75) is 51.0 Å². The molecule has 1 saturated carbocycles. The molecule has 0 bridgehead atoms. The average molecular weight is 263 g/mol. The van der Waals surface area contributed by atoms with Gasteiger partial charge in [-0.25, -0.2) is 0 Å². The summed E-state index contributed by atoms with van der Waals surface area (Å²) in [5.74, 6) is -0.645. The highest BCUT2D eigenvalue weighted by molar-refractivity contribution is 5.95. The number of nitrogens with one attached hydrogen (secondary N) is 1. The van der Waals surface area contributed by atoms with E-state index in [0.717, 1.165) is 25.7 Å². The number of rotatable bonds is 2.